The monoisotopic (exact) mass is 254 g/mol. The predicted molar refractivity (Wildman–Crippen MR) is 73.4 cm³/mol. The van der Waals surface area contributed by atoms with Crippen LogP contribution in [0.4, 0.5) is 0 Å². The van der Waals surface area contributed by atoms with Gasteiger partial charge in [-0.1, -0.05) is 24.3 Å². The van der Waals surface area contributed by atoms with Crippen molar-refractivity contribution in [1.82, 2.24) is 9.88 Å². The summed E-state index contributed by atoms with van der Waals surface area (Å²) in [5, 5.41) is 10.2. The largest absolute Gasteiger partial charge is 0.389 e. The standard InChI is InChI=1S/C15H14N2O2/c18-13-9-17(10-13)14(19)7-6-12-4-1-3-11-5-2-8-16-15(11)12/h1-8,13,18H,9-10H2/b7-6+. The van der Waals surface area contributed by atoms with Crippen molar-refractivity contribution in [3.05, 3.63) is 48.2 Å². The van der Waals surface area contributed by atoms with E-state index in [4.69, 9.17) is 5.11 Å². The Hall–Kier alpha value is -2.20. The smallest absolute Gasteiger partial charge is 0.246 e. The molecular formula is C15H14N2O2. The maximum absolute atomic E-state index is 11.8. The van der Waals surface area contributed by atoms with Gasteiger partial charge in [-0.3, -0.25) is 9.78 Å². The zero-order chi connectivity index (χ0) is 13.2. The SMILES string of the molecule is O=C(/C=C/c1cccc2cccnc12)N1CC(O)C1. The number of carbonyl (C=O) groups excluding carboxylic acids is 1. The number of aliphatic hydroxyl groups is 1. The zero-order valence-electron chi connectivity index (χ0n) is 10.4. The highest BCUT2D eigenvalue weighted by atomic mass is 16.3. The maximum Gasteiger partial charge on any atom is 0.246 e. The van der Waals surface area contributed by atoms with Gasteiger partial charge in [0.1, 0.15) is 0 Å². The molecule has 1 aliphatic rings. The third-order valence-corrected chi connectivity index (χ3v) is 3.24. The molecule has 1 N–H and O–H groups in total. The third kappa shape index (κ3) is 2.35. The zero-order valence-corrected chi connectivity index (χ0v) is 10.4. The van der Waals surface area contributed by atoms with Crippen LogP contribution in [0, 0.1) is 0 Å². The molecule has 1 aromatic carbocycles. The van der Waals surface area contributed by atoms with Crippen molar-refractivity contribution in [2.24, 2.45) is 0 Å². The predicted octanol–water partition coefficient (Wildman–Crippen LogP) is 1.45. The second kappa shape index (κ2) is 4.82. The van der Waals surface area contributed by atoms with E-state index in [1.165, 1.54) is 6.08 Å². The number of carbonyl (C=O) groups is 1. The van der Waals surface area contributed by atoms with Crippen LogP contribution in [0.25, 0.3) is 17.0 Å². The normalized spacial score (nSPS) is 15.9. The third-order valence-electron chi connectivity index (χ3n) is 3.24. The van der Waals surface area contributed by atoms with E-state index in [-0.39, 0.29) is 12.0 Å². The number of aliphatic hydroxyl groups excluding tert-OH is 1. The van der Waals surface area contributed by atoms with Gasteiger partial charge in [0.2, 0.25) is 5.91 Å². The van der Waals surface area contributed by atoms with Crippen molar-refractivity contribution < 1.29 is 9.90 Å². The molecule has 2 heterocycles. The number of likely N-dealkylation sites (tertiary alicyclic amines) is 1. The lowest BCUT2D eigenvalue weighted by Crippen LogP contribution is -2.52. The van der Waals surface area contributed by atoms with Crippen LogP contribution in [0.3, 0.4) is 0 Å². The number of β-amino-alcohol motifs (C(OH)–C–C–N with tert-alkyl or cyclic N) is 1. The molecule has 1 aliphatic heterocycles. The first-order chi connectivity index (χ1) is 9.24. The number of amides is 1. The molecule has 3 rings (SSSR count). The molecule has 0 bridgehead atoms. The van der Waals surface area contributed by atoms with Crippen LogP contribution < -0.4 is 0 Å². The van der Waals surface area contributed by atoms with Crippen LogP contribution in [0.15, 0.2) is 42.6 Å². The summed E-state index contributed by atoms with van der Waals surface area (Å²) in [4.78, 5) is 17.7. The number of rotatable bonds is 2. The van der Waals surface area contributed by atoms with Crippen LogP contribution in [0.1, 0.15) is 5.56 Å². The van der Waals surface area contributed by atoms with Crippen molar-refractivity contribution >= 4 is 22.9 Å². The molecule has 1 saturated heterocycles. The lowest BCUT2D eigenvalue weighted by atomic mass is 10.1. The van der Waals surface area contributed by atoms with Gasteiger partial charge >= 0.3 is 0 Å². The van der Waals surface area contributed by atoms with E-state index in [1.807, 2.05) is 30.3 Å². The molecule has 0 aliphatic carbocycles. The fourth-order valence-corrected chi connectivity index (χ4v) is 2.16. The highest BCUT2D eigenvalue weighted by Crippen LogP contribution is 2.17. The summed E-state index contributed by atoms with van der Waals surface area (Å²) in [7, 11) is 0. The van der Waals surface area contributed by atoms with E-state index in [1.54, 1.807) is 17.2 Å². The van der Waals surface area contributed by atoms with Crippen LogP contribution in [-0.4, -0.2) is 40.1 Å². The summed E-state index contributed by atoms with van der Waals surface area (Å²) in [6, 6.07) is 9.76. The van der Waals surface area contributed by atoms with Gasteiger partial charge in [0, 0.05) is 36.3 Å². The molecule has 1 aromatic heterocycles. The van der Waals surface area contributed by atoms with Gasteiger partial charge in [-0.05, 0) is 12.1 Å². The van der Waals surface area contributed by atoms with E-state index in [0.717, 1.165) is 16.5 Å². The number of aromatic nitrogens is 1. The topological polar surface area (TPSA) is 53.4 Å². The quantitative estimate of drug-likeness (QED) is 0.825. The summed E-state index contributed by atoms with van der Waals surface area (Å²) in [5.41, 5.74) is 1.81. The van der Waals surface area contributed by atoms with E-state index in [2.05, 4.69) is 4.98 Å². The second-order valence-corrected chi connectivity index (χ2v) is 4.65. The molecular weight excluding hydrogens is 240 g/mol. The second-order valence-electron chi connectivity index (χ2n) is 4.65. The highest BCUT2D eigenvalue weighted by Gasteiger charge is 2.26. The fourth-order valence-electron chi connectivity index (χ4n) is 2.16. The number of hydrogen-bond acceptors (Lipinski definition) is 3. The number of nitrogens with zero attached hydrogens (tertiary/aromatic N) is 2. The average Bonchev–Trinajstić information content (AvgIpc) is 2.41. The number of benzene rings is 1. The van der Waals surface area contributed by atoms with Crippen molar-refractivity contribution in [2.75, 3.05) is 13.1 Å². The Morgan fingerprint density at radius 3 is 2.89 bits per heavy atom. The fraction of sp³-hybridized carbons (Fsp3) is 0.200. The molecule has 96 valence electrons. The number of hydrogen-bond donors (Lipinski definition) is 1. The van der Waals surface area contributed by atoms with Gasteiger partial charge in [0.15, 0.2) is 0 Å². The number of fused-ring (bicyclic) bond motifs is 1. The molecule has 0 unspecified atom stereocenters. The number of pyridine rings is 1. The first kappa shape index (κ1) is 11.9. The lowest BCUT2D eigenvalue weighted by Gasteiger charge is -2.34. The Kier molecular flexibility index (Phi) is 3.01. The van der Waals surface area contributed by atoms with Crippen molar-refractivity contribution in [3.8, 4) is 0 Å². The summed E-state index contributed by atoms with van der Waals surface area (Å²) < 4.78 is 0. The molecule has 0 atom stereocenters. The Morgan fingerprint density at radius 2 is 2.11 bits per heavy atom. The molecule has 0 saturated carbocycles. The summed E-state index contributed by atoms with van der Waals surface area (Å²) in [6.45, 7) is 0.855. The Balaban J connectivity index is 1.83. The van der Waals surface area contributed by atoms with E-state index >= 15 is 0 Å². The summed E-state index contributed by atoms with van der Waals surface area (Å²) >= 11 is 0. The van der Waals surface area contributed by atoms with Gasteiger partial charge in [0.05, 0.1) is 11.6 Å². The Labute approximate surface area is 111 Å². The number of para-hydroxylation sites is 1. The highest BCUT2D eigenvalue weighted by molar-refractivity contribution is 5.95. The van der Waals surface area contributed by atoms with Crippen LogP contribution in [0.2, 0.25) is 0 Å². The summed E-state index contributed by atoms with van der Waals surface area (Å²) in [6.07, 6.45) is 4.70. The average molecular weight is 254 g/mol. The van der Waals surface area contributed by atoms with Crippen LogP contribution in [-0.2, 0) is 4.79 Å². The Bertz CT molecular complexity index is 640. The van der Waals surface area contributed by atoms with Gasteiger partial charge in [-0.2, -0.15) is 0 Å². The van der Waals surface area contributed by atoms with E-state index in [0.29, 0.717) is 13.1 Å². The first-order valence-electron chi connectivity index (χ1n) is 6.23. The van der Waals surface area contributed by atoms with Crippen LogP contribution in [0.5, 0.6) is 0 Å². The van der Waals surface area contributed by atoms with Crippen molar-refractivity contribution in [3.63, 3.8) is 0 Å². The van der Waals surface area contributed by atoms with E-state index in [9.17, 15) is 4.79 Å². The van der Waals surface area contributed by atoms with Crippen molar-refractivity contribution in [1.29, 1.82) is 0 Å². The van der Waals surface area contributed by atoms with Gasteiger partial charge < -0.3 is 10.0 Å². The van der Waals surface area contributed by atoms with Crippen LogP contribution >= 0.6 is 0 Å². The molecule has 19 heavy (non-hydrogen) atoms. The molecule has 4 heteroatoms. The molecule has 4 nitrogen and oxygen atoms in total. The molecule has 1 fully saturated rings. The maximum atomic E-state index is 11.8. The van der Waals surface area contributed by atoms with Gasteiger partial charge in [-0.25, -0.2) is 0 Å². The molecule has 2 aromatic rings. The minimum Gasteiger partial charge on any atom is -0.389 e. The minimum absolute atomic E-state index is 0.0711. The molecule has 0 spiro atoms. The van der Waals surface area contributed by atoms with E-state index < -0.39 is 0 Å². The van der Waals surface area contributed by atoms with Gasteiger partial charge in [0.25, 0.3) is 0 Å². The summed E-state index contributed by atoms with van der Waals surface area (Å²) in [5.74, 6) is -0.0711. The molecule has 1 amide bonds. The minimum atomic E-state index is -0.364. The first-order valence-corrected chi connectivity index (χ1v) is 6.23. The van der Waals surface area contributed by atoms with Gasteiger partial charge in [-0.15, -0.1) is 0 Å². The lowest BCUT2D eigenvalue weighted by molar-refractivity contribution is -0.135. The molecule has 0 radical (unpaired) electrons. The Morgan fingerprint density at radius 1 is 1.32 bits per heavy atom. The van der Waals surface area contributed by atoms with Crippen molar-refractivity contribution in [2.45, 2.75) is 6.10 Å².